The zero-order valence-corrected chi connectivity index (χ0v) is 15.4. The summed E-state index contributed by atoms with van der Waals surface area (Å²) in [5.41, 5.74) is 3.37. The van der Waals surface area contributed by atoms with Gasteiger partial charge in [-0.15, -0.1) is 11.3 Å². The van der Waals surface area contributed by atoms with Crippen molar-refractivity contribution in [1.82, 2.24) is 14.7 Å². The summed E-state index contributed by atoms with van der Waals surface area (Å²) in [5.74, 6) is -0.834. The quantitative estimate of drug-likeness (QED) is 0.910. The van der Waals surface area contributed by atoms with Gasteiger partial charge in [0.15, 0.2) is 0 Å². The fraction of sp³-hybridized carbons (Fsp3) is 0.556. The average Bonchev–Trinajstić information content (AvgIpc) is 3.17. The van der Waals surface area contributed by atoms with Crippen molar-refractivity contribution in [2.45, 2.75) is 38.3 Å². The number of hydrogen-bond acceptors (Lipinski definition) is 5. The number of likely N-dealkylation sites (tertiary alicyclic amines) is 1. The maximum Gasteiger partial charge on any atom is 0.345 e. The third-order valence-corrected chi connectivity index (χ3v) is 6.93. The molecule has 2 aromatic rings. The number of thiophene rings is 1. The summed E-state index contributed by atoms with van der Waals surface area (Å²) in [6.07, 6.45) is 4.60. The van der Waals surface area contributed by atoms with E-state index in [0.717, 1.165) is 43.8 Å². The van der Waals surface area contributed by atoms with E-state index in [1.807, 2.05) is 24.0 Å². The van der Waals surface area contributed by atoms with Crippen LogP contribution in [0.2, 0.25) is 0 Å². The number of fused-ring (bicyclic) bond motifs is 2. The lowest BCUT2D eigenvalue weighted by molar-refractivity contribution is -0.0960. The Labute approximate surface area is 151 Å². The normalized spacial score (nSPS) is 19.9. The fourth-order valence-corrected chi connectivity index (χ4v) is 5.16. The molecule has 4 heterocycles. The van der Waals surface area contributed by atoms with Crippen molar-refractivity contribution in [1.29, 1.82) is 0 Å². The number of carbonyl (C=O) groups is 1. The van der Waals surface area contributed by atoms with Crippen LogP contribution in [0.4, 0.5) is 0 Å². The van der Waals surface area contributed by atoms with Gasteiger partial charge in [0.2, 0.25) is 0 Å². The number of piperidine rings is 1. The second kappa shape index (κ2) is 6.23. The van der Waals surface area contributed by atoms with Crippen LogP contribution < -0.4 is 0 Å². The van der Waals surface area contributed by atoms with Gasteiger partial charge in [0.05, 0.1) is 12.8 Å². The first-order chi connectivity index (χ1) is 12.0. The predicted octanol–water partition coefficient (Wildman–Crippen LogP) is 2.55. The fourth-order valence-electron chi connectivity index (χ4n) is 3.91. The number of aromatic nitrogens is 2. The Morgan fingerprint density at radius 2 is 2.20 bits per heavy atom. The minimum absolute atomic E-state index is 0.285. The van der Waals surface area contributed by atoms with Gasteiger partial charge in [-0.1, -0.05) is 0 Å². The third-order valence-electron chi connectivity index (χ3n) is 5.58. The molecule has 0 radical (unpaired) electrons. The van der Waals surface area contributed by atoms with Crippen molar-refractivity contribution in [2.24, 2.45) is 7.05 Å². The maximum atomic E-state index is 11.3. The van der Waals surface area contributed by atoms with Gasteiger partial charge in [-0.25, -0.2) is 4.79 Å². The topological polar surface area (TPSA) is 67.6 Å². The number of nitrogens with zero attached hydrogens (tertiary/aromatic N) is 3. The molecule has 6 nitrogen and oxygen atoms in total. The standard InChI is InChI=1S/C18H23N3O3S/c1-12-14(10-19-20(12)2)11-21-6-4-18(5-7-21)16-13(3-8-24-18)9-15(25-16)17(22)23/h9-10H,3-8,11H2,1-2H3,(H,22,23). The van der Waals surface area contributed by atoms with Crippen LogP contribution in [-0.4, -0.2) is 45.5 Å². The first-order valence-electron chi connectivity index (χ1n) is 8.69. The summed E-state index contributed by atoms with van der Waals surface area (Å²) in [7, 11) is 1.97. The van der Waals surface area contributed by atoms with Crippen molar-refractivity contribution in [3.63, 3.8) is 0 Å². The summed E-state index contributed by atoms with van der Waals surface area (Å²) in [6, 6.07) is 1.85. The van der Waals surface area contributed by atoms with Gasteiger partial charge in [-0.2, -0.15) is 5.10 Å². The zero-order valence-electron chi connectivity index (χ0n) is 14.6. The second-order valence-electron chi connectivity index (χ2n) is 7.02. The molecular formula is C18H23N3O3S. The average molecular weight is 361 g/mol. The molecule has 2 aliphatic heterocycles. The van der Waals surface area contributed by atoms with Crippen LogP contribution in [0, 0.1) is 6.92 Å². The molecule has 1 N–H and O–H groups in total. The highest BCUT2D eigenvalue weighted by atomic mass is 32.1. The lowest BCUT2D eigenvalue weighted by Crippen LogP contribution is -2.45. The zero-order chi connectivity index (χ0) is 17.6. The van der Waals surface area contributed by atoms with Gasteiger partial charge in [0.25, 0.3) is 0 Å². The number of aryl methyl sites for hydroxylation is 1. The molecule has 0 atom stereocenters. The highest BCUT2D eigenvalue weighted by molar-refractivity contribution is 7.14. The molecule has 134 valence electrons. The molecule has 7 heteroatoms. The highest BCUT2D eigenvalue weighted by Crippen LogP contribution is 2.45. The summed E-state index contributed by atoms with van der Waals surface area (Å²) < 4.78 is 8.14. The smallest absolute Gasteiger partial charge is 0.345 e. The SMILES string of the molecule is Cc1c(CN2CCC3(CC2)OCCc2cc(C(=O)O)sc23)cnn1C. The number of carboxylic acids is 1. The Balaban J connectivity index is 1.50. The molecule has 1 spiro atoms. The molecule has 0 amide bonds. The Bertz CT molecular complexity index is 803. The minimum atomic E-state index is -0.834. The molecule has 0 unspecified atom stereocenters. The third kappa shape index (κ3) is 2.90. The number of carboxylic acid groups (broad SMARTS) is 1. The first-order valence-corrected chi connectivity index (χ1v) is 9.50. The lowest BCUT2D eigenvalue weighted by Gasteiger charge is -2.43. The number of hydrogen-bond donors (Lipinski definition) is 1. The van der Waals surface area contributed by atoms with Gasteiger partial charge in [-0.05, 0) is 37.8 Å². The molecule has 4 rings (SSSR count). The molecule has 1 saturated heterocycles. The van der Waals surface area contributed by atoms with Gasteiger partial charge in [0.1, 0.15) is 10.5 Å². The van der Waals surface area contributed by atoms with E-state index < -0.39 is 5.97 Å². The van der Waals surface area contributed by atoms with Crippen LogP contribution in [0.1, 0.15) is 44.2 Å². The molecule has 0 aromatic carbocycles. The molecule has 0 aliphatic carbocycles. The van der Waals surface area contributed by atoms with E-state index in [9.17, 15) is 9.90 Å². The number of ether oxygens (including phenoxy) is 1. The van der Waals surface area contributed by atoms with Crippen molar-refractivity contribution in [3.8, 4) is 0 Å². The van der Waals surface area contributed by atoms with E-state index >= 15 is 0 Å². The second-order valence-corrected chi connectivity index (χ2v) is 8.07. The Kier molecular flexibility index (Phi) is 4.17. The van der Waals surface area contributed by atoms with E-state index in [4.69, 9.17) is 4.74 Å². The van der Waals surface area contributed by atoms with Crippen LogP contribution in [0.3, 0.4) is 0 Å². The maximum absolute atomic E-state index is 11.3. The van der Waals surface area contributed by atoms with Crippen LogP contribution in [0.25, 0.3) is 0 Å². The van der Waals surface area contributed by atoms with Crippen LogP contribution in [-0.2, 0) is 30.4 Å². The van der Waals surface area contributed by atoms with E-state index in [1.54, 1.807) is 0 Å². The lowest BCUT2D eigenvalue weighted by atomic mass is 9.85. The van der Waals surface area contributed by atoms with Crippen LogP contribution >= 0.6 is 11.3 Å². The van der Waals surface area contributed by atoms with Gasteiger partial charge >= 0.3 is 5.97 Å². The van der Waals surface area contributed by atoms with Gasteiger partial charge in [0, 0.05) is 42.8 Å². The van der Waals surface area contributed by atoms with Crippen molar-refractivity contribution >= 4 is 17.3 Å². The minimum Gasteiger partial charge on any atom is -0.477 e. The monoisotopic (exact) mass is 361 g/mol. The Hall–Kier alpha value is -1.70. The van der Waals surface area contributed by atoms with Gasteiger partial charge < -0.3 is 9.84 Å². The largest absolute Gasteiger partial charge is 0.477 e. The Morgan fingerprint density at radius 3 is 2.84 bits per heavy atom. The van der Waals surface area contributed by atoms with Crippen LogP contribution in [0.5, 0.6) is 0 Å². The first kappa shape index (κ1) is 16.8. The number of rotatable bonds is 3. The van der Waals surface area contributed by atoms with E-state index in [2.05, 4.69) is 16.9 Å². The van der Waals surface area contributed by atoms with Crippen LogP contribution in [0.15, 0.2) is 12.3 Å². The summed E-state index contributed by atoms with van der Waals surface area (Å²) in [6.45, 7) is 5.60. The van der Waals surface area contributed by atoms with E-state index in [0.29, 0.717) is 11.5 Å². The highest BCUT2D eigenvalue weighted by Gasteiger charge is 2.42. The predicted molar refractivity (Wildman–Crippen MR) is 95.1 cm³/mol. The molecule has 0 bridgehead atoms. The van der Waals surface area contributed by atoms with E-state index in [1.165, 1.54) is 28.2 Å². The molecule has 2 aromatic heterocycles. The molecular weight excluding hydrogens is 338 g/mol. The summed E-state index contributed by atoms with van der Waals surface area (Å²) >= 11 is 1.40. The molecule has 1 fully saturated rings. The molecule has 2 aliphatic rings. The van der Waals surface area contributed by atoms with Crippen molar-refractivity contribution in [3.05, 3.63) is 38.8 Å². The summed E-state index contributed by atoms with van der Waals surface area (Å²) in [4.78, 5) is 15.4. The summed E-state index contributed by atoms with van der Waals surface area (Å²) in [5, 5.41) is 13.6. The molecule has 0 saturated carbocycles. The van der Waals surface area contributed by atoms with E-state index in [-0.39, 0.29) is 5.60 Å². The molecule has 25 heavy (non-hydrogen) atoms. The van der Waals surface area contributed by atoms with Crippen molar-refractivity contribution in [2.75, 3.05) is 19.7 Å². The van der Waals surface area contributed by atoms with Gasteiger partial charge in [-0.3, -0.25) is 9.58 Å². The van der Waals surface area contributed by atoms with Crippen molar-refractivity contribution < 1.29 is 14.6 Å². The number of aromatic carboxylic acids is 1. The Morgan fingerprint density at radius 1 is 1.44 bits per heavy atom.